The maximum atomic E-state index is 9.59. The molecule has 0 heterocycles. The first-order chi connectivity index (χ1) is 7.15. The Morgan fingerprint density at radius 1 is 1.40 bits per heavy atom. The van der Waals surface area contributed by atoms with Gasteiger partial charge < -0.3 is 20.3 Å². The minimum absolute atomic E-state index is 0.106. The van der Waals surface area contributed by atoms with Crippen LogP contribution in [0.25, 0.3) is 0 Å². The highest BCUT2D eigenvalue weighted by Crippen LogP contribution is 2.39. The van der Waals surface area contributed by atoms with Crippen molar-refractivity contribution in [3.05, 3.63) is 22.7 Å². The molecular weight excluding hydrogens is 218 g/mol. The molecule has 0 spiro atoms. The first-order valence-electron chi connectivity index (χ1n) is 4.44. The third-order valence-electron chi connectivity index (χ3n) is 2.10. The molecule has 0 bridgehead atoms. The number of hydrogen-bond donors (Lipinski definition) is 2. The lowest BCUT2D eigenvalue weighted by Crippen LogP contribution is -2.12. The summed E-state index contributed by atoms with van der Waals surface area (Å²) in [5.74, 6) is 0.930. The van der Waals surface area contributed by atoms with Crippen molar-refractivity contribution >= 4 is 11.6 Å². The second kappa shape index (κ2) is 5.21. The van der Waals surface area contributed by atoms with Crippen LogP contribution in [0.4, 0.5) is 0 Å². The Morgan fingerprint density at radius 3 is 2.53 bits per heavy atom. The number of ether oxygens (including phenoxy) is 2. The summed E-state index contributed by atoms with van der Waals surface area (Å²) in [5, 5.41) is 9.92. The molecule has 1 aromatic rings. The highest BCUT2D eigenvalue weighted by molar-refractivity contribution is 6.33. The molecule has 0 saturated heterocycles. The summed E-state index contributed by atoms with van der Waals surface area (Å²) in [5.41, 5.74) is 5.89. The standard InChI is InChI=1S/C10H14ClNO3/c1-14-8-4-3-6(7(13)5-12)9(11)10(8)15-2/h3-4,7,13H,5,12H2,1-2H3/t7-/m1/s1. The monoisotopic (exact) mass is 231 g/mol. The number of methoxy groups -OCH3 is 2. The van der Waals surface area contributed by atoms with Crippen molar-refractivity contribution in [1.29, 1.82) is 0 Å². The average Bonchev–Trinajstić information content (AvgIpc) is 2.27. The Hall–Kier alpha value is -0.970. The lowest BCUT2D eigenvalue weighted by Gasteiger charge is -2.15. The zero-order chi connectivity index (χ0) is 11.4. The van der Waals surface area contributed by atoms with Crippen LogP contribution in [-0.4, -0.2) is 25.9 Å². The molecule has 1 aromatic carbocycles. The summed E-state index contributed by atoms with van der Waals surface area (Å²) in [6, 6.07) is 3.35. The molecule has 5 heteroatoms. The fourth-order valence-corrected chi connectivity index (χ4v) is 1.65. The van der Waals surface area contributed by atoms with Gasteiger partial charge >= 0.3 is 0 Å². The van der Waals surface area contributed by atoms with Crippen molar-refractivity contribution in [3.8, 4) is 11.5 Å². The van der Waals surface area contributed by atoms with Gasteiger partial charge in [-0.05, 0) is 6.07 Å². The molecule has 0 radical (unpaired) electrons. The smallest absolute Gasteiger partial charge is 0.179 e. The Kier molecular flexibility index (Phi) is 4.20. The van der Waals surface area contributed by atoms with E-state index in [1.54, 1.807) is 12.1 Å². The average molecular weight is 232 g/mol. The second-order valence-corrected chi connectivity index (χ2v) is 3.33. The first-order valence-corrected chi connectivity index (χ1v) is 4.82. The third-order valence-corrected chi connectivity index (χ3v) is 2.49. The summed E-state index contributed by atoms with van der Waals surface area (Å²) in [4.78, 5) is 0. The van der Waals surface area contributed by atoms with E-state index in [0.717, 1.165) is 0 Å². The van der Waals surface area contributed by atoms with Crippen molar-refractivity contribution in [1.82, 2.24) is 0 Å². The van der Waals surface area contributed by atoms with Gasteiger partial charge in [-0.15, -0.1) is 0 Å². The molecule has 0 amide bonds. The predicted molar refractivity (Wildman–Crippen MR) is 58.6 cm³/mol. The first kappa shape index (κ1) is 12.1. The van der Waals surface area contributed by atoms with Crippen LogP contribution in [0, 0.1) is 0 Å². The molecule has 0 aliphatic rings. The Labute approximate surface area is 93.6 Å². The number of rotatable bonds is 4. The van der Waals surface area contributed by atoms with Gasteiger partial charge in [-0.2, -0.15) is 0 Å². The van der Waals surface area contributed by atoms with Crippen molar-refractivity contribution in [3.63, 3.8) is 0 Å². The van der Waals surface area contributed by atoms with Crippen LogP contribution in [0.5, 0.6) is 11.5 Å². The zero-order valence-corrected chi connectivity index (χ0v) is 9.41. The molecule has 3 N–H and O–H groups in total. The van der Waals surface area contributed by atoms with E-state index in [4.69, 9.17) is 26.8 Å². The second-order valence-electron chi connectivity index (χ2n) is 2.96. The number of halogens is 1. The van der Waals surface area contributed by atoms with Gasteiger partial charge in [0.05, 0.1) is 25.3 Å². The van der Waals surface area contributed by atoms with Gasteiger partial charge in [-0.1, -0.05) is 17.7 Å². The van der Waals surface area contributed by atoms with E-state index in [2.05, 4.69) is 0 Å². The molecule has 84 valence electrons. The van der Waals surface area contributed by atoms with E-state index >= 15 is 0 Å². The summed E-state index contributed by atoms with van der Waals surface area (Å²) in [6.07, 6.45) is -0.794. The zero-order valence-electron chi connectivity index (χ0n) is 8.66. The van der Waals surface area contributed by atoms with Crippen molar-refractivity contribution in [2.45, 2.75) is 6.10 Å². The third kappa shape index (κ3) is 2.34. The molecule has 15 heavy (non-hydrogen) atoms. The van der Waals surface area contributed by atoms with Gasteiger partial charge in [0.2, 0.25) is 0 Å². The summed E-state index contributed by atoms with van der Waals surface area (Å²) in [7, 11) is 3.01. The fraction of sp³-hybridized carbons (Fsp3) is 0.400. The molecule has 1 atom stereocenters. The maximum absolute atomic E-state index is 9.59. The highest BCUT2D eigenvalue weighted by atomic mass is 35.5. The van der Waals surface area contributed by atoms with Gasteiger partial charge in [0, 0.05) is 12.1 Å². The largest absolute Gasteiger partial charge is 0.493 e. The molecule has 4 nitrogen and oxygen atoms in total. The molecule has 0 aliphatic heterocycles. The quantitative estimate of drug-likeness (QED) is 0.821. The predicted octanol–water partition coefficient (Wildman–Crippen LogP) is 1.35. The molecule has 0 fully saturated rings. The van der Waals surface area contributed by atoms with Crippen LogP contribution in [0.1, 0.15) is 11.7 Å². The lowest BCUT2D eigenvalue weighted by atomic mass is 10.1. The molecule has 0 aromatic heterocycles. The molecule has 0 unspecified atom stereocenters. The lowest BCUT2D eigenvalue weighted by molar-refractivity contribution is 0.186. The Morgan fingerprint density at radius 2 is 2.07 bits per heavy atom. The number of benzene rings is 1. The van der Waals surface area contributed by atoms with Crippen LogP contribution in [-0.2, 0) is 0 Å². The van der Waals surface area contributed by atoms with Gasteiger partial charge in [-0.3, -0.25) is 0 Å². The van der Waals surface area contributed by atoms with Gasteiger partial charge in [-0.25, -0.2) is 0 Å². The summed E-state index contributed by atoms with van der Waals surface area (Å²) >= 11 is 6.05. The number of hydrogen-bond acceptors (Lipinski definition) is 4. The Bertz CT molecular complexity index is 344. The van der Waals surface area contributed by atoms with E-state index in [1.807, 2.05) is 0 Å². The van der Waals surface area contributed by atoms with Crippen molar-refractivity contribution < 1.29 is 14.6 Å². The van der Waals surface area contributed by atoms with Gasteiger partial charge in [0.25, 0.3) is 0 Å². The van der Waals surface area contributed by atoms with Crippen LogP contribution < -0.4 is 15.2 Å². The topological polar surface area (TPSA) is 64.7 Å². The van der Waals surface area contributed by atoms with Crippen LogP contribution >= 0.6 is 11.6 Å². The minimum atomic E-state index is -0.794. The highest BCUT2D eigenvalue weighted by Gasteiger charge is 2.17. The van der Waals surface area contributed by atoms with Crippen LogP contribution in [0.15, 0.2) is 12.1 Å². The van der Waals surface area contributed by atoms with Crippen molar-refractivity contribution in [2.75, 3.05) is 20.8 Å². The van der Waals surface area contributed by atoms with Crippen LogP contribution in [0.3, 0.4) is 0 Å². The van der Waals surface area contributed by atoms with Crippen molar-refractivity contribution in [2.24, 2.45) is 5.73 Å². The van der Waals surface area contributed by atoms with Crippen LogP contribution in [0.2, 0.25) is 5.02 Å². The summed E-state index contributed by atoms with van der Waals surface area (Å²) < 4.78 is 10.2. The van der Waals surface area contributed by atoms with E-state index in [0.29, 0.717) is 22.1 Å². The summed E-state index contributed by atoms with van der Waals surface area (Å²) in [6.45, 7) is 0.106. The van der Waals surface area contributed by atoms with E-state index in [9.17, 15) is 5.11 Å². The Balaban J connectivity index is 3.22. The van der Waals surface area contributed by atoms with E-state index < -0.39 is 6.10 Å². The number of aliphatic hydroxyl groups excluding tert-OH is 1. The van der Waals surface area contributed by atoms with Gasteiger partial charge in [0.1, 0.15) is 0 Å². The fourth-order valence-electron chi connectivity index (χ4n) is 1.29. The molecule has 0 aliphatic carbocycles. The SMILES string of the molecule is COc1ccc([C@H](O)CN)c(Cl)c1OC. The minimum Gasteiger partial charge on any atom is -0.493 e. The van der Waals surface area contributed by atoms with E-state index in [-0.39, 0.29) is 6.54 Å². The molecular formula is C10H14ClNO3. The van der Waals surface area contributed by atoms with Gasteiger partial charge in [0.15, 0.2) is 11.5 Å². The molecule has 0 saturated carbocycles. The maximum Gasteiger partial charge on any atom is 0.179 e. The number of nitrogens with two attached hydrogens (primary N) is 1. The number of aliphatic hydroxyl groups is 1. The molecule has 1 rings (SSSR count). The van der Waals surface area contributed by atoms with E-state index in [1.165, 1.54) is 14.2 Å². The normalized spacial score (nSPS) is 12.3.